The molecule has 18 heavy (non-hydrogen) atoms. The van der Waals surface area contributed by atoms with Gasteiger partial charge in [0.1, 0.15) is 0 Å². The molecule has 0 aromatic heterocycles. The summed E-state index contributed by atoms with van der Waals surface area (Å²) in [6.07, 6.45) is 5.07. The van der Waals surface area contributed by atoms with E-state index in [2.05, 4.69) is 11.8 Å². The molecule has 2 fully saturated rings. The fourth-order valence-corrected chi connectivity index (χ4v) is 2.97. The monoisotopic (exact) mass is 276 g/mol. The van der Waals surface area contributed by atoms with E-state index in [0.717, 1.165) is 32.2 Å². The minimum atomic E-state index is -0.343. The minimum Gasteiger partial charge on any atom is -0.381 e. The number of nitrogens with zero attached hydrogens (tertiary/aromatic N) is 1. The molecule has 0 aliphatic carbocycles. The van der Waals surface area contributed by atoms with Gasteiger partial charge in [0, 0.05) is 32.3 Å². The molecule has 2 saturated heterocycles. The predicted molar refractivity (Wildman–Crippen MR) is 73.8 cm³/mol. The van der Waals surface area contributed by atoms with E-state index >= 15 is 0 Å². The van der Waals surface area contributed by atoms with Gasteiger partial charge in [-0.2, -0.15) is 0 Å². The van der Waals surface area contributed by atoms with Gasteiger partial charge in [-0.15, -0.1) is 12.4 Å². The quantitative estimate of drug-likeness (QED) is 0.833. The van der Waals surface area contributed by atoms with Crippen molar-refractivity contribution in [3.63, 3.8) is 0 Å². The number of nitrogens with two attached hydrogens (primary N) is 1. The smallest absolute Gasteiger partial charge is 0.230 e. The van der Waals surface area contributed by atoms with Crippen LogP contribution in [0.3, 0.4) is 0 Å². The van der Waals surface area contributed by atoms with E-state index in [4.69, 9.17) is 10.5 Å². The van der Waals surface area contributed by atoms with Gasteiger partial charge in [0.15, 0.2) is 0 Å². The predicted octanol–water partition coefficient (Wildman–Crippen LogP) is 1.56. The molecule has 0 aromatic carbocycles. The zero-order valence-electron chi connectivity index (χ0n) is 11.2. The van der Waals surface area contributed by atoms with Gasteiger partial charge in [-0.3, -0.25) is 4.79 Å². The first kappa shape index (κ1) is 15.7. The van der Waals surface area contributed by atoms with Crippen LogP contribution in [0.4, 0.5) is 0 Å². The molecule has 2 heterocycles. The van der Waals surface area contributed by atoms with Crippen molar-refractivity contribution in [1.82, 2.24) is 4.90 Å². The van der Waals surface area contributed by atoms with Crippen molar-refractivity contribution < 1.29 is 9.53 Å². The molecule has 0 spiro atoms. The molecule has 0 radical (unpaired) electrons. The van der Waals surface area contributed by atoms with Crippen molar-refractivity contribution in [1.29, 1.82) is 0 Å². The summed E-state index contributed by atoms with van der Waals surface area (Å²) in [5.74, 6) is 0.274. The normalized spacial score (nSPS) is 27.4. The standard InChI is InChI=1S/C13H24N2O2.ClH/c1-11-4-2-3-7-15(11)12(16)13(10-14)5-8-17-9-6-13;/h11H,2-10,14H2,1H3;1H. The second-order valence-electron chi connectivity index (χ2n) is 5.44. The van der Waals surface area contributed by atoms with E-state index in [1.807, 2.05) is 0 Å². The molecular formula is C13H25ClN2O2. The van der Waals surface area contributed by atoms with Crippen LogP contribution in [-0.2, 0) is 9.53 Å². The number of hydrogen-bond donors (Lipinski definition) is 1. The molecule has 2 N–H and O–H groups in total. The molecule has 2 aliphatic rings. The topological polar surface area (TPSA) is 55.6 Å². The van der Waals surface area contributed by atoms with Gasteiger partial charge < -0.3 is 15.4 Å². The summed E-state index contributed by atoms with van der Waals surface area (Å²) in [5, 5.41) is 0. The van der Waals surface area contributed by atoms with Crippen LogP contribution in [0.25, 0.3) is 0 Å². The molecule has 2 rings (SSSR count). The first-order valence-electron chi connectivity index (χ1n) is 6.78. The van der Waals surface area contributed by atoms with Gasteiger partial charge in [0.05, 0.1) is 5.41 Å². The number of carbonyl (C=O) groups is 1. The highest BCUT2D eigenvalue weighted by Crippen LogP contribution is 2.33. The average molecular weight is 277 g/mol. The summed E-state index contributed by atoms with van der Waals surface area (Å²) in [7, 11) is 0. The lowest BCUT2D eigenvalue weighted by molar-refractivity contribution is -0.150. The Morgan fingerprint density at radius 3 is 2.61 bits per heavy atom. The molecule has 5 heteroatoms. The van der Waals surface area contributed by atoms with Crippen LogP contribution in [0.15, 0.2) is 0 Å². The Balaban J connectivity index is 0.00000162. The van der Waals surface area contributed by atoms with E-state index in [1.54, 1.807) is 0 Å². The number of carbonyl (C=O) groups excluding carboxylic acids is 1. The van der Waals surface area contributed by atoms with Gasteiger partial charge >= 0.3 is 0 Å². The lowest BCUT2D eigenvalue weighted by Gasteiger charge is -2.42. The SMILES string of the molecule is CC1CCCCN1C(=O)C1(CN)CCOCC1.Cl. The lowest BCUT2D eigenvalue weighted by Crippen LogP contribution is -2.54. The zero-order valence-corrected chi connectivity index (χ0v) is 12.0. The maximum Gasteiger partial charge on any atom is 0.230 e. The van der Waals surface area contributed by atoms with E-state index < -0.39 is 0 Å². The Morgan fingerprint density at radius 1 is 1.39 bits per heavy atom. The number of hydrogen-bond acceptors (Lipinski definition) is 3. The average Bonchev–Trinajstić information content (AvgIpc) is 2.39. The third-order valence-electron chi connectivity index (χ3n) is 4.36. The van der Waals surface area contributed by atoms with Crippen molar-refractivity contribution >= 4 is 18.3 Å². The Hall–Kier alpha value is -0.320. The summed E-state index contributed by atoms with van der Waals surface area (Å²) in [5.41, 5.74) is 5.54. The second kappa shape index (κ2) is 6.73. The molecule has 2 aliphatic heterocycles. The number of amides is 1. The highest BCUT2D eigenvalue weighted by molar-refractivity contribution is 5.85. The summed E-state index contributed by atoms with van der Waals surface area (Å²) >= 11 is 0. The van der Waals surface area contributed by atoms with E-state index in [1.165, 1.54) is 6.42 Å². The number of ether oxygens (including phenoxy) is 1. The fraction of sp³-hybridized carbons (Fsp3) is 0.923. The summed E-state index contributed by atoms with van der Waals surface area (Å²) < 4.78 is 5.36. The molecular weight excluding hydrogens is 252 g/mol. The summed E-state index contributed by atoms with van der Waals surface area (Å²) in [6, 6.07) is 0.377. The highest BCUT2D eigenvalue weighted by atomic mass is 35.5. The largest absolute Gasteiger partial charge is 0.381 e. The number of likely N-dealkylation sites (tertiary alicyclic amines) is 1. The van der Waals surface area contributed by atoms with Crippen LogP contribution in [0.1, 0.15) is 39.0 Å². The van der Waals surface area contributed by atoms with E-state index in [-0.39, 0.29) is 23.7 Å². The lowest BCUT2D eigenvalue weighted by atomic mass is 9.78. The molecule has 106 valence electrons. The summed E-state index contributed by atoms with van der Waals surface area (Å²) in [6.45, 7) is 4.86. The van der Waals surface area contributed by atoms with Crippen LogP contribution >= 0.6 is 12.4 Å². The van der Waals surface area contributed by atoms with E-state index in [0.29, 0.717) is 25.8 Å². The zero-order chi connectivity index (χ0) is 12.3. The minimum absolute atomic E-state index is 0. The number of halogens is 1. The van der Waals surface area contributed by atoms with Gasteiger partial charge in [-0.1, -0.05) is 0 Å². The Labute approximate surface area is 116 Å². The molecule has 1 amide bonds. The number of rotatable bonds is 2. The summed E-state index contributed by atoms with van der Waals surface area (Å²) in [4.78, 5) is 14.8. The first-order valence-corrected chi connectivity index (χ1v) is 6.78. The Morgan fingerprint density at radius 2 is 2.06 bits per heavy atom. The van der Waals surface area contributed by atoms with Crippen molar-refractivity contribution in [2.45, 2.75) is 45.1 Å². The van der Waals surface area contributed by atoms with Crippen molar-refractivity contribution in [2.24, 2.45) is 11.1 Å². The maximum absolute atomic E-state index is 12.7. The fourth-order valence-electron chi connectivity index (χ4n) is 2.97. The van der Waals surface area contributed by atoms with Crippen molar-refractivity contribution in [3.05, 3.63) is 0 Å². The molecule has 4 nitrogen and oxygen atoms in total. The molecule has 0 aromatic rings. The highest BCUT2D eigenvalue weighted by Gasteiger charge is 2.42. The van der Waals surface area contributed by atoms with Crippen LogP contribution < -0.4 is 5.73 Å². The van der Waals surface area contributed by atoms with Crippen LogP contribution in [0.5, 0.6) is 0 Å². The second-order valence-corrected chi connectivity index (χ2v) is 5.44. The van der Waals surface area contributed by atoms with Gasteiger partial charge in [0.2, 0.25) is 5.91 Å². The maximum atomic E-state index is 12.7. The molecule has 1 atom stereocenters. The van der Waals surface area contributed by atoms with Gasteiger partial charge in [-0.25, -0.2) is 0 Å². The van der Waals surface area contributed by atoms with Crippen LogP contribution in [0.2, 0.25) is 0 Å². The van der Waals surface area contributed by atoms with Crippen LogP contribution in [0, 0.1) is 5.41 Å². The van der Waals surface area contributed by atoms with E-state index in [9.17, 15) is 4.79 Å². The van der Waals surface area contributed by atoms with Gasteiger partial charge in [-0.05, 0) is 39.0 Å². The molecule has 0 bridgehead atoms. The Bertz CT molecular complexity index is 280. The first-order chi connectivity index (χ1) is 8.19. The third kappa shape index (κ3) is 2.98. The van der Waals surface area contributed by atoms with Gasteiger partial charge in [0.25, 0.3) is 0 Å². The van der Waals surface area contributed by atoms with Crippen LogP contribution in [-0.4, -0.2) is 43.2 Å². The third-order valence-corrected chi connectivity index (χ3v) is 4.36. The Kier molecular flexibility index (Phi) is 5.89. The number of piperidine rings is 1. The van der Waals surface area contributed by atoms with Crippen molar-refractivity contribution in [2.75, 3.05) is 26.3 Å². The molecule has 1 unspecified atom stereocenters. The van der Waals surface area contributed by atoms with Crippen molar-refractivity contribution in [3.8, 4) is 0 Å². The molecule has 0 saturated carbocycles.